The summed E-state index contributed by atoms with van der Waals surface area (Å²) in [5.41, 5.74) is 0. The van der Waals surface area contributed by atoms with Gasteiger partial charge in [0.05, 0.1) is 0 Å². The third kappa shape index (κ3) is 4.19. The first-order valence-corrected chi connectivity index (χ1v) is 8.17. The number of rotatable bonds is 8. The normalized spacial score (nSPS) is 20.8. The van der Waals surface area contributed by atoms with Crippen LogP contribution in [0.5, 0.6) is 0 Å². The Labute approximate surface area is 127 Å². The highest BCUT2D eigenvalue weighted by Gasteiger charge is 2.26. The first kappa shape index (κ1) is 15.8. The lowest BCUT2D eigenvalue weighted by atomic mass is 9.82. The Kier molecular flexibility index (Phi) is 5.59. The van der Waals surface area contributed by atoms with Crippen molar-refractivity contribution in [3.63, 3.8) is 0 Å². The van der Waals surface area contributed by atoms with Crippen molar-refractivity contribution in [3.05, 3.63) is 0 Å². The molecule has 1 aliphatic carbocycles. The van der Waals surface area contributed by atoms with Gasteiger partial charge in [0.1, 0.15) is 0 Å². The molecular formula is C15H28N6. The molecule has 1 aromatic heterocycles. The largest absolute Gasteiger partial charge is 0.354 e. The van der Waals surface area contributed by atoms with E-state index in [1.807, 2.05) is 0 Å². The molecule has 0 bridgehead atoms. The van der Waals surface area contributed by atoms with Crippen molar-refractivity contribution in [2.24, 2.45) is 5.92 Å². The Balaban J connectivity index is 2.14. The van der Waals surface area contributed by atoms with Crippen LogP contribution in [0, 0.1) is 5.92 Å². The molecule has 0 unspecified atom stereocenters. The lowest BCUT2D eigenvalue weighted by Crippen LogP contribution is -2.35. The van der Waals surface area contributed by atoms with Crippen LogP contribution in [0.15, 0.2) is 0 Å². The van der Waals surface area contributed by atoms with Crippen LogP contribution < -0.4 is 15.5 Å². The summed E-state index contributed by atoms with van der Waals surface area (Å²) in [5, 5.41) is 6.71. The third-order valence-corrected chi connectivity index (χ3v) is 3.91. The van der Waals surface area contributed by atoms with Crippen molar-refractivity contribution in [1.29, 1.82) is 0 Å². The van der Waals surface area contributed by atoms with Gasteiger partial charge in [-0.1, -0.05) is 13.8 Å². The minimum absolute atomic E-state index is 0.506. The summed E-state index contributed by atoms with van der Waals surface area (Å²) in [6.45, 7) is 11.3. The molecule has 0 spiro atoms. The van der Waals surface area contributed by atoms with Crippen molar-refractivity contribution in [1.82, 2.24) is 15.0 Å². The van der Waals surface area contributed by atoms with Crippen LogP contribution in [0.2, 0.25) is 0 Å². The number of anilines is 3. The standard InChI is InChI=1S/C15H28N6/c1-5-8-16-13-18-14(17-12-9-11(4)10-12)20-15(19-13)21(6-2)7-3/h11-12H,5-10H2,1-4H3,(H2,16,17,18,19,20). The highest BCUT2D eigenvalue weighted by Crippen LogP contribution is 2.29. The highest BCUT2D eigenvalue weighted by molar-refractivity contribution is 5.44. The topological polar surface area (TPSA) is 66.0 Å². The first-order valence-electron chi connectivity index (χ1n) is 8.17. The zero-order valence-corrected chi connectivity index (χ0v) is 13.7. The predicted molar refractivity (Wildman–Crippen MR) is 88.0 cm³/mol. The smallest absolute Gasteiger partial charge is 0.231 e. The van der Waals surface area contributed by atoms with Gasteiger partial charge in [0.25, 0.3) is 0 Å². The van der Waals surface area contributed by atoms with E-state index in [1.54, 1.807) is 0 Å². The molecule has 0 saturated heterocycles. The van der Waals surface area contributed by atoms with Crippen molar-refractivity contribution in [2.75, 3.05) is 35.2 Å². The Morgan fingerprint density at radius 2 is 1.71 bits per heavy atom. The Morgan fingerprint density at radius 3 is 2.29 bits per heavy atom. The van der Waals surface area contributed by atoms with Crippen LogP contribution in [0.4, 0.5) is 17.8 Å². The summed E-state index contributed by atoms with van der Waals surface area (Å²) in [6, 6.07) is 0.506. The summed E-state index contributed by atoms with van der Waals surface area (Å²) in [4.78, 5) is 15.8. The van der Waals surface area contributed by atoms with Crippen LogP contribution in [0.25, 0.3) is 0 Å². The SMILES string of the molecule is CCCNc1nc(NC2CC(C)C2)nc(N(CC)CC)n1. The minimum atomic E-state index is 0.506. The second kappa shape index (κ2) is 7.43. The lowest BCUT2D eigenvalue weighted by molar-refractivity contribution is 0.308. The molecule has 1 saturated carbocycles. The molecule has 2 rings (SSSR count). The van der Waals surface area contributed by atoms with E-state index < -0.39 is 0 Å². The van der Waals surface area contributed by atoms with Gasteiger partial charge >= 0.3 is 0 Å². The summed E-state index contributed by atoms with van der Waals surface area (Å²) in [5.74, 6) is 2.93. The predicted octanol–water partition coefficient (Wildman–Crippen LogP) is 2.75. The maximum absolute atomic E-state index is 4.58. The van der Waals surface area contributed by atoms with E-state index in [0.29, 0.717) is 17.9 Å². The second-order valence-electron chi connectivity index (χ2n) is 5.80. The fourth-order valence-electron chi connectivity index (χ4n) is 2.60. The molecule has 1 aliphatic rings. The molecule has 1 aromatic rings. The van der Waals surface area contributed by atoms with Gasteiger partial charge in [-0.05, 0) is 39.0 Å². The average molecular weight is 292 g/mol. The molecule has 0 atom stereocenters. The fraction of sp³-hybridized carbons (Fsp3) is 0.800. The van der Waals surface area contributed by atoms with Gasteiger partial charge in [-0.25, -0.2) is 0 Å². The molecule has 6 heteroatoms. The number of hydrogen-bond donors (Lipinski definition) is 2. The van der Waals surface area contributed by atoms with E-state index in [9.17, 15) is 0 Å². The third-order valence-electron chi connectivity index (χ3n) is 3.91. The number of hydrogen-bond acceptors (Lipinski definition) is 6. The van der Waals surface area contributed by atoms with E-state index in [2.05, 4.69) is 58.2 Å². The molecule has 118 valence electrons. The Bertz CT molecular complexity index is 440. The molecular weight excluding hydrogens is 264 g/mol. The van der Waals surface area contributed by atoms with E-state index >= 15 is 0 Å². The number of nitrogens with one attached hydrogen (secondary N) is 2. The number of nitrogens with zero attached hydrogens (tertiary/aromatic N) is 4. The molecule has 1 fully saturated rings. The minimum Gasteiger partial charge on any atom is -0.354 e. The van der Waals surface area contributed by atoms with E-state index in [1.165, 1.54) is 12.8 Å². The molecule has 1 heterocycles. The van der Waals surface area contributed by atoms with Gasteiger partial charge < -0.3 is 15.5 Å². The molecule has 6 nitrogen and oxygen atoms in total. The van der Waals surface area contributed by atoms with E-state index in [4.69, 9.17) is 0 Å². The summed E-state index contributed by atoms with van der Waals surface area (Å²) >= 11 is 0. The number of aromatic nitrogens is 3. The zero-order valence-electron chi connectivity index (χ0n) is 13.7. The van der Waals surface area contributed by atoms with E-state index in [-0.39, 0.29) is 0 Å². The van der Waals surface area contributed by atoms with Crippen molar-refractivity contribution in [2.45, 2.75) is 53.0 Å². The molecule has 0 radical (unpaired) electrons. The fourth-order valence-corrected chi connectivity index (χ4v) is 2.60. The monoisotopic (exact) mass is 292 g/mol. The van der Waals surface area contributed by atoms with Gasteiger partial charge in [-0.15, -0.1) is 0 Å². The quantitative estimate of drug-likeness (QED) is 0.768. The van der Waals surface area contributed by atoms with Gasteiger partial charge in [0, 0.05) is 25.7 Å². The molecule has 0 aliphatic heterocycles. The highest BCUT2D eigenvalue weighted by atomic mass is 15.3. The molecule has 0 aromatic carbocycles. The van der Waals surface area contributed by atoms with E-state index in [0.717, 1.165) is 37.9 Å². The average Bonchev–Trinajstić information content (AvgIpc) is 2.45. The second-order valence-corrected chi connectivity index (χ2v) is 5.80. The Morgan fingerprint density at radius 1 is 1.05 bits per heavy atom. The van der Waals surface area contributed by atoms with Crippen LogP contribution in [-0.4, -0.2) is 40.6 Å². The van der Waals surface area contributed by atoms with Gasteiger partial charge in [0.2, 0.25) is 17.8 Å². The zero-order chi connectivity index (χ0) is 15.2. The van der Waals surface area contributed by atoms with Crippen LogP contribution in [-0.2, 0) is 0 Å². The molecule has 0 amide bonds. The Hall–Kier alpha value is -1.59. The lowest BCUT2D eigenvalue weighted by Gasteiger charge is -2.33. The maximum Gasteiger partial charge on any atom is 0.231 e. The van der Waals surface area contributed by atoms with Crippen molar-refractivity contribution < 1.29 is 0 Å². The van der Waals surface area contributed by atoms with Crippen molar-refractivity contribution in [3.8, 4) is 0 Å². The molecule has 2 N–H and O–H groups in total. The van der Waals surface area contributed by atoms with Crippen molar-refractivity contribution >= 4 is 17.8 Å². The summed E-state index contributed by atoms with van der Waals surface area (Å²) in [7, 11) is 0. The van der Waals surface area contributed by atoms with Gasteiger partial charge in [-0.3, -0.25) is 0 Å². The molecule has 21 heavy (non-hydrogen) atoms. The first-order chi connectivity index (χ1) is 10.2. The summed E-state index contributed by atoms with van der Waals surface area (Å²) < 4.78 is 0. The van der Waals surface area contributed by atoms with Crippen LogP contribution in [0.1, 0.15) is 47.0 Å². The summed E-state index contributed by atoms with van der Waals surface area (Å²) in [6.07, 6.45) is 3.45. The van der Waals surface area contributed by atoms with Crippen LogP contribution in [0.3, 0.4) is 0 Å². The van der Waals surface area contributed by atoms with Gasteiger partial charge in [-0.2, -0.15) is 15.0 Å². The maximum atomic E-state index is 4.58. The van der Waals surface area contributed by atoms with Gasteiger partial charge in [0.15, 0.2) is 0 Å². The van der Waals surface area contributed by atoms with Crippen LogP contribution >= 0.6 is 0 Å².